The molecule has 0 fully saturated rings. The summed E-state index contributed by atoms with van der Waals surface area (Å²) in [6.45, 7) is 0.513. The maximum Gasteiger partial charge on any atom is 0.242 e. The smallest absolute Gasteiger partial charge is 0.242 e. The summed E-state index contributed by atoms with van der Waals surface area (Å²) in [5, 5.41) is 9.14. The molecule has 2 aromatic carbocycles. The Morgan fingerprint density at radius 3 is 2.28 bits per heavy atom. The summed E-state index contributed by atoms with van der Waals surface area (Å²) < 4.78 is 36.1. The van der Waals surface area contributed by atoms with Crippen molar-refractivity contribution in [3.63, 3.8) is 0 Å². The van der Waals surface area contributed by atoms with Crippen LogP contribution in [0.25, 0.3) is 0 Å². The molecular weight excluding hydrogens is 364 g/mol. The average molecular weight is 381 g/mol. The summed E-state index contributed by atoms with van der Waals surface area (Å²) in [5.74, 6) is 1.00. The van der Waals surface area contributed by atoms with E-state index in [0.717, 1.165) is 4.31 Å². The zero-order chi connectivity index (χ0) is 18.4. The van der Waals surface area contributed by atoms with Crippen LogP contribution in [0.4, 0.5) is 0 Å². The molecule has 0 N–H and O–H groups in total. The second-order valence-corrected chi connectivity index (χ2v) is 7.77. The van der Waals surface area contributed by atoms with Crippen molar-refractivity contribution in [2.45, 2.75) is 4.90 Å². The number of sulfonamides is 1. The molecule has 0 atom stereocenters. The fourth-order valence-corrected chi connectivity index (χ4v) is 3.05. The standard InChI is InChI=1S/C17H17ClN2O4S/c1-20(2)25(21,22)15-6-4-14(5-7-15)23-9-10-24-17-8-3-13(12-19)11-16(17)18/h3-8,11H,9-10H2,1-2H3. The van der Waals surface area contributed by atoms with Gasteiger partial charge in [0.1, 0.15) is 24.7 Å². The molecule has 0 spiro atoms. The van der Waals surface area contributed by atoms with Gasteiger partial charge in [0.05, 0.1) is 21.6 Å². The predicted molar refractivity (Wildman–Crippen MR) is 94.5 cm³/mol. The average Bonchev–Trinajstić information content (AvgIpc) is 2.60. The van der Waals surface area contributed by atoms with E-state index in [1.165, 1.54) is 32.3 Å². The van der Waals surface area contributed by atoms with Crippen LogP contribution >= 0.6 is 11.6 Å². The molecular formula is C17H17ClN2O4S. The van der Waals surface area contributed by atoms with Crippen molar-refractivity contribution in [1.82, 2.24) is 4.31 Å². The number of ether oxygens (including phenoxy) is 2. The van der Waals surface area contributed by atoms with Crippen LogP contribution in [0.3, 0.4) is 0 Å². The Balaban J connectivity index is 1.87. The first-order valence-electron chi connectivity index (χ1n) is 7.32. The number of hydrogen-bond acceptors (Lipinski definition) is 5. The van der Waals surface area contributed by atoms with Gasteiger partial charge in [0.25, 0.3) is 0 Å². The van der Waals surface area contributed by atoms with Crippen molar-refractivity contribution >= 4 is 21.6 Å². The molecule has 0 aliphatic rings. The molecule has 0 amide bonds. The fraction of sp³-hybridized carbons (Fsp3) is 0.235. The summed E-state index contributed by atoms with van der Waals surface area (Å²) in [4.78, 5) is 0.200. The Labute approximate surface area is 152 Å². The predicted octanol–water partition coefficient (Wildman–Crippen LogP) is 2.92. The van der Waals surface area contributed by atoms with Gasteiger partial charge >= 0.3 is 0 Å². The minimum absolute atomic E-state index is 0.200. The first-order valence-corrected chi connectivity index (χ1v) is 9.14. The largest absolute Gasteiger partial charge is 0.490 e. The number of rotatable bonds is 7. The van der Waals surface area contributed by atoms with Crippen LogP contribution in [-0.2, 0) is 10.0 Å². The van der Waals surface area contributed by atoms with E-state index in [2.05, 4.69) is 0 Å². The van der Waals surface area contributed by atoms with Gasteiger partial charge in [0.15, 0.2) is 0 Å². The SMILES string of the molecule is CN(C)S(=O)(=O)c1ccc(OCCOc2ccc(C#N)cc2Cl)cc1. The third-order valence-corrected chi connectivity index (χ3v) is 5.40. The zero-order valence-electron chi connectivity index (χ0n) is 13.8. The van der Waals surface area contributed by atoms with E-state index in [0.29, 0.717) is 22.1 Å². The Kier molecular flexibility index (Phi) is 6.26. The molecule has 0 heterocycles. The van der Waals surface area contributed by atoms with E-state index in [4.69, 9.17) is 26.3 Å². The first kappa shape index (κ1) is 19.1. The zero-order valence-corrected chi connectivity index (χ0v) is 15.3. The van der Waals surface area contributed by atoms with Crippen LogP contribution in [0.2, 0.25) is 5.02 Å². The highest BCUT2D eigenvalue weighted by atomic mass is 35.5. The molecule has 0 unspecified atom stereocenters. The third-order valence-electron chi connectivity index (χ3n) is 3.27. The van der Waals surface area contributed by atoms with Crippen LogP contribution in [0.15, 0.2) is 47.4 Å². The highest BCUT2D eigenvalue weighted by molar-refractivity contribution is 7.89. The highest BCUT2D eigenvalue weighted by Gasteiger charge is 2.16. The summed E-state index contributed by atoms with van der Waals surface area (Å²) in [6, 6.07) is 12.9. The van der Waals surface area contributed by atoms with E-state index in [-0.39, 0.29) is 18.1 Å². The molecule has 0 radical (unpaired) electrons. The molecule has 0 bridgehead atoms. The van der Waals surface area contributed by atoms with Crippen LogP contribution in [0.1, 0.15) is 5.56 Å². The molecule has 0 aliphatic carbocycles. The lowest BCUT2D eigenvalue weighted by Gasteiger charge is -2.12. The monoisotopic (exact) mass is 380 g/mol. The minimum atomic E-state index is -3.45. The third kappa shape index (κ3) is 4.86. The van der Waals surface area contributed by atoms with Crippen molar-refractivity contribution in [1.29, 1.82) is 5.26 Å². The van der Waals surface area contributed by atoms with E-state index >= 15 is 0 Å². The van der Waals surface area contributed by atoms with Gasteiger partial charge in [-0.1, -0.05) is 11.6 Å². The first-order chi connectivity index (χ1) is 11.8. The van der Waals surface area contributed by atoms with E-state index in [1.807, 2.05) is 6.07 Å². The normalized spacial score (nSPS) is 11.2. The lowest BCUT2D eigenvalue weighted by atomic mass is 10.2. The van der Waals surface area contributed by atoms with Gasteiger partial charge in [-0.2, -0.15) is 5.26 Å². The molecule has 0 aromatic heterocycles. The molecule has 2 aromatic rings. The van der Waals surface area contributed by atoms with Crippen LogP contribution in [-0.4, -0.2) is 40.0 Å². The van der Waals surface area contributed by atoms with Gasteiger partial charge in [-0.25, -0.2) is 12.7 Å². The van der Waals surface area contributed by atoms with Crippen molar-refractivity contribution in [3.8, 4) is 17.6 Å². The molecule has 0 saturated heterocycles. The van der Waals surface area contributed by atoms with Gasteiger partial charge in [0, 0.05) is 14.1 Å². The maximum absolute atomic E-state index is 12.0. The Morgan fingerprint density at radius 2 is 1.72 bits per heavy atom. The van der Waals surface area contributed by atoms with Crippen LogP contribution < -0.4 is 9.47 Å². The Hall–Kier alpha value is -2.27. The summed E-state index contributed by atoms with van der Waals surface area (Å²) in [5.41, 5.74) is 0.460. The maximum atomic E-state index is 12.0. The summed E-state index contributed by atoms with van der Waals surface area (Å²) >= 11 is 6.01. The topological polar surface area (TPSA) is 79.6 Å². The molecule has 25 heavy (non-hydrogen) atoms. The molecule has 2 rings (SSSR count). The number of benzene rings is 2. The number of nitrogens with zero attached hydrogens (tertiary/aromatic N) is 2. The molecule has 6 nitrogen and oxygen atoms in total. The van der Waals surface area contributed by atoms with Gasteiger partial charge in [0.2, 0.25) is 10.0 Å². The minimum Gasteiger partial charge on any atom is -0.490 e. The van der Waals surface area contributed by atoms with E-state index < -0.39 is 10.0 Å². The quantitative estimate of drug-likeness (QED) is 0.690. The highest BCUT2D eigenvalue weighted by Crippen LogP contribution is 2.25. The second kappa shape index (κ2) is 8.21. The van der Waals surface area contributed by atoms with E-state index in [1.54, 1.807) is 24.3 Å². The van der Waals surface area contributed by atoms with Crippen molar-refractivity contribution < 1.29 is 17.9 Å². The van der Waals surface area contributed by atoms with Crippen molar-refractivity contribution in [2.24, 2.45) is 0 Å². The summed E-state index contributed by atoms with van der Waals surface area (Å²) in [6.07, 6.45) is 0. The summed E-state index contributed by atoms with van der Waals surface area (Å²) in [7, 11) is -0.495. The van der Waals surface area contributed by atoms with Gasteiger partial charge in [-0.3, -0.25) is 0 Å². The molecule has 0 saturated carbocycles. The molecule has 8 heteroatoms. The molecule has 0 aliphatic heterocycles. The van der Waals surface area contributed by atoms with E-state index in [9.17, 15) is 8.42 Å². The Bertz CT molecular complexity index is 875. The van der Waals surface area contributed by atoms with Crippen LogP contribution in [0.5, 0.6) is 11.5 Å². The van der Waals surface area contributed by atoms with Crippen molar-refractivity contribution in [3.05, 3.63) is 53.1 Å². The van der Waals surface area contributed by atoms with Gasteiger partial charge in [-0.05, 0) is 42.5 Å². The van der Waals surface area contributed by atoms with Crippen LogP contribution in [0, 0.1) is 11.3 Å². The molecule has 132 valence electrons. The fourth-order valence-electron chi connectivity index (χ4n) is 1.92. The van der Waals surface area contributed by atoms with Gasteiger partial charge in [-0.15, -0.1) is 0 Å². The number of halogens is 1. The number of hydrogen-bond donors (Lipinski definition) is 0. The second-order valence-electron chi connectivity index (χ2n) is 5.21. The number of nitriles is 1. The lowest BCUT2D eigenvalue weighted by molar-refractivity contribution is 0.217. The Morgan fingerprint density at radius 1 is 1.08 bits per heavy atom. The lowest BCUT2D eigenvalue weighted by Crippen LogP contribution is -2.22. The van der Waals surface area contributed by atoms with Gasteiger partial charge < -0.3 is 9.47 Å². The van der Waals surface area contributed by atoms with Crippen molar-refractivity contribution in [2.75, 3.05) is 27.3 Å².